The molecule has 0 aromatic heterocycles. The molecule has 6 heteroatoms. The summed E-state index contributed by atoms with van der Waals surface area (Å²) in [5.41, 5.74) is 3.04. The molecule has 3 rings (SSSR count). The summed E-state index contributed by atoms with van der Waals surface area (Å²) < 4.78 is 27.7. The molecule has 0 aliphatic rings. The minimum Gasteiger partial charge on any atom is -0.289 e. The lowest BCUT2D eigenvalue weighted by atomic mass is 10.0. The third-order valence-electron chi connectivity index (χ3n) is 4.12. The largest absolute Gasteiger partial charge is 0.289 e. The molecule has 27 heavy (non-hydrogen) atoms. The first kappa shape index (κ1) is 19.1. The highest BCUT2D eigenvalue weighted by Gasteiger charge is 2.17. The van der Waals surface area contributed by atoms with Crippen LogP contribution in [0.5, 0.6) is 0 Å². The summed E-state index contributed by atoms with van der Waals surface area (Å²) in [6.07, 6.45) is 0. The Hall–Kier alpha value is -2.63. The van der Waals surface area contributed by atoms with Crippen molar-refractivity contribution in [2.75, 3.05) is 4.72 Å². The molecule has 4 nitrogen and oxygen atoms in total. The fourth-order valence-electron chi connectivity index (χ4n) is 2.54. The average Bonchev–Trinajstić information content (AvgIpc) is 2.64. The fourth-order valence-corrected chi connectivity index (χ4v) is 3.83. The normalized spacial score (nSPS) is 11.2. The van der Waals surface area contributed by atoms with Gasteiger partial charge < -0.3 is 0 Å². The monoisotopic (exact) mass is 399 g/mol. The summed E-state index contributed by atoms with van der Waals surface area (Å²) in [6, 6.07) is 18.2. The third-order valence-corrected chi connectivity index (χ3v) is 5.83. The van der Waals surface area contributed by atoms with Crippen molar-refractivity contribution in [2.45, 2.75) is 18.7 Å². The third kappa shape index (κ3) is 4.38. The molecule has 0 spiro atoms. The molecule has 0 amide bonds. The standard InChI is InChI=1S/C21H18ClNO3S/c1-14-3-7-16(8-4-14)21(24)17-9-12-19(22)20(13-17)23-27(25,26)18-10-5-15(2)6-11-18/h3-13,23H,1-2H3. The van der Waals surface area contributed by atoms with E-state index in [9.17, 15) is 13.2 Å². The Labute approximate surface area is 163 Å². The zero-order chi connectivity index (χ0) is 19.6. The van der Waals surface area contributed by atoms with Gasteiger partial charge in [0.15, 0.2) is 5.78 Å². The van der Waals surface area contributed by atoms with Crippen molar-refractivity contribution in [3.8, 4) is 0 Å². The number of hydrogen-bond donors (Lipinski definition) is 1. The lowest BCUT2D eigenvalue weighted by Gasteiger charge is -2.11. The average molecular weight is 400 g/mol. The van der Waals surface area contributed by atoms with Crippen LogP contribution in [0.4, 0.5) is 5.69 Å². The van der Waals surface area contributed by atoms with Crippen LogP contribution in [0.3, 0.4) is 0 Å². The first-order valence-corrected chi connectivity index (χ1v) is 10.1. The molecule has 0 saturated carbocycles. The van der Waals surface area contributed by atoms with Crippen LogP contribution in [0.2, 0.25) is 5.02 Å². The van der Waals surface area contributed by atoms with Crippen molar-refractivity contribution in [3.63, 3.8) is 0 Å². The van der Waals surface area contributed by atoms with E-state index in [1.807, 2.05) is 26.0 Å². The van der Waals surface area contributed by atoms with E-state index in [-0.39, 0.29) is 21.4 Å². The van der Waals surface area contributed by atoms with E-state index < -0.39 is 10.0 Å². The maximum atomic E-state index is 12.7. The van der Waals surface area contributed by atoms with Gasteiger partial charge in [0.25, 0.3) is 10.0 Å². The van der Waals surface area contributed by atoms with Gasteiger partial charge >= 0.3 is 0 Å². The van der Waals surface area contributed by atoms with Crippen LogP contribution in [0, 0.1) is 13.8 Å². The molecule has 0 unspecified atom stereocenters. The van der Waals surface area contributed by atoms with Gasteiger partial charge in [0.05, 0.1) is 15.6 Å². The van der Waals surface area contributed by atoms with Crippen molar-refractivity contribution in [1.29, 1.82) is 0 Å². The van der Waals surface area contributed by atoms with E-state index in [1.54, 1.807) is 30.3 Å². The Morgan fingerprint density at radius 1 is 0.815 bits per heavy atom. The Bertz CT molecular complexity index is 1090. The van der Waals surface area contributed by atoms with Gasteiger partial charge in [0, 0.05) is 11.1 Å². The Balaban J connectivity index is 1.92. The molecule has 0 fully saturated rings. The van der Waals surface area contributed by atoms with Crippen molar-refractivity contribution in [1.82, 2.24) is 0 Å². The second kappa shape index (κ2) is 7.55. The van der Waals surface area contributed by atoms with Crippen molar-refractivity contribution in [3.05, 3.63) is 94.0 Å². The van der Waals surface area contributed by atoms with E-state index in [2.05, 4.69) is 4.72 Å². The minimum absolute atomic E-state index is 0.124. The van der Waals surface area contributed by atoms with Crippen LogP contribution < -0.4 is 4.72 Å². The number of halogens is 1. The van der Waals surface area contributed by atoms with Gasteiger partial charge in [0.2, 0.25) is 0 Å². The predicted molar refractivity (Wildman–Crippen MR) is 108 cm³/mol. The van der Waals surface area contributed by atoms with Gasteiger partial charge in [-0.3, -0.25) is 9.52 Å². The van der Waals surface area contributed by atoms with Crippen LogP contribution in [0.15, 0.2) is 71.6 Å². The Morgan fingerprint density at radius 2 is 1.33 bits per heavy atom. The smallest absolute Gasteiger partial charge is 0.261 e. The summed E-state index contributed by atoms with van der Waals surface area (Å²) in [6.45, 7) is 3.81. The molecule has 1 N–H and O–H groups in total. The lowest BCUT2D eigenvalue weighted by molar-refractivity contribution is 0.103. The number of rotatable bonds is 5. The van der Waals surface area contributed by atoms with Crippen molar-refractivity contribution in [2.24, 2.45) is 0 Å². The zero-order valence-corrected chi connectivity index (χ0v) is 16.4. The molecule has 0 saturated heterocycles. The van der Waals surface area contributed by atoms with Gasteiger partial charge in [-0.15, -0.1) is 0 Å². The maximum absolute atomic E-state index is 12.7. The fraction of sp³-hybridized carbons (Fsp3) is 0.0952. The Kier molecular flexibility index (Phi) is 5.35. The summed E-state index contributed by atoms with van der Waals surface area (Å²) in [5, 5.41) is 0.214. The zero-order valence-electron chi connectivity index (χ0n) is 14.9. The molecule has 0 heterocycles. The van der Waals surface area contributed by atoms with Crippen molar-refractivity contribution < 1.29 is 13.2 Å². The number of aryl methyl sites for hydroxylation is 2. The van der Waals surface area contributed by atoms with Crippen LogP contribution >= 0.6 is 11.6 Å². The topological polar surface area (TPSA) is 63.2 Å². The lowest BCUT2D eigenvalue weighted by Crippen LogP contribution is -2.14. The summed E-state index contributed by atoms with van der Waals surface area (Å²) in [4.78, 5) is 12.8. The number of carbonyl (C=O) groups excluding carboxylic acids is 1. The van der Waals surface area contributed by atoms with Gasteiger partial charge in [-0.2, -0.15) is 0 Å². The molecule has 3 aromatic rings. The number of ketones is 1. The minimum atomic E-state index is -3.81. The summed E-state index contributed by atoms with van der Waals surface area (Å²) >= 11 is 6.15. The van der Waals surface area contributed by atoms with Crippen molar-refractivity contribution >= 4 is 33.1 Å². The number of anilines is 1. The first-order valence-electron chi connectivity index (χ1n) is 8.27. The Morgan fingerprint density at radius 3 is 1.93 bits per heavy atom. The molecule has 0 aliphatic heterocycles. The maximum Gasteiger partial charge on any atom is 0.261 e. The molecule has 3 aromatic carbocycles. The van der Waals surface area contributed by atoms with E-state index in [0.29, 0.717) is 11.1 Å². The van der Waals surface area contributed by atoms with Crippen LogP contribution in [0.25, 0.3) is 0 Å². The number of sulfonamides is 1. The quantitative estimate of drug-likeness (QED) is 0.615. The number of carbonyl (C=O) groups is 1. The molecular weight excluding hydrogens is 382 g/mol. The SMILES string of the molecule is Cc1ccc(C(=O)c2ccc(Cl)c(NS(=O)(=O)c3ccc(C)cc3)c2)cc1. The molecule has 0 atom stereocenters. The highest BCUT2D eigenvalue weighted by atomic mass is 35.5. The molecule has 0 bridgehead atoms. The number of benzene rings is 3. The molecule has 138 valence electrons. The summed E-state index contributed by atoms with van der Waals surface area (Å²) in [5.74, 6) is -0.206. The molecular formula is C21H18ClNO3S. The highest BCUT2D eigenvalue weighted by Crippen LogP contribution is 2.27. The van der Waals surface area contributed by atoms with E-state index in [0.717, 1.165) is 11.1 Å². The second-order valence-corrected chi connectivity index (χ2v) is 8.40. The number of hydrogen-bond acceptors (Lipinski definition) is 3. The van der Waals surface area contributed by atoms with E-state index in [1.165, 1.54) is 24.3 Å². The van der Waals surface area contributed by atoms with Gasteiger partial charge in [-0.25, -0.2) is 8.42 Å². The second-order valence-electron chi connectivity index (χ2n) is 6.31. The van der Waals surface area contributed by atoms with Gasteiger partial charge in [0.1, 0.15) is 0 Å². The highest BCUT2D eigenvalue weighted by molar-refractivity contribution is 7.92. The van der Waals surface area contributed by atoms with Gasteiger partial charge in [-0.1, -0.05) is 59.1 Å². The molecule has 0 radical (unpaired) electrons. The van der Waals surface area contributed by atoms with Crippen LogP contribution in [0.1, 0.15) is 27.0 Å². The summed E-state index contributed by atoms with van der Waals surface area (Å²) in [7, 11) is -3.81. The number of nitrogens with one attached hydrogen (secondary N) is 1. The predicted octanol–water partition coefficient (Wildman–Crippen LogP) is 4.99. The first-order chi connectivity index (χ1) is 12.8. The van der Waals surface area contributed by atoms with E-state index >= 15 is 0 Å². The van der Waals surface area contributed by atoms with E-state index in [4.69, 9.17) is 11.6 Å². The molecule has 0 aliphatic carbocycles. The van der Waals surface area contributed by atoms with Crippen LogP contribution in [-0.2, 0) is 10.0 Å². The van der Waals surface area contributed by atoms with Gasteiger partial charge in [-0.05, 0) is 44.2 Å². The van der Waals surface area contributed by atoms with Crippen LogP contribution in [-0.4, -0.2) is 14.2 Å².